The first-order valence-electron chi connectivity index (χ1n) is 5.63. The maximum absolute atomic E-state index is 11.6. The molecule has 0 heterocycles. The van der Waals surface area contributed by atoms with Gasteiger partial charge in [-0.1, -0.05) is 0 Å². The van der Waals surface area contributed by atoms with Crippen molar-refractivity contribution in [2.24, 2.45) is 5.92 Å². The number of hydrogen-bond donors (Lipinski definition) is 1. The van der Waals surface area contributed by atoms with Gasteiger partial charge in [-0.2, -0.15) is 0 Å². The van der Waals surface area contributed by atoms with E-state index < -0.39 is 0 Å². The lowest BCUT2D eigenvalue weighted by Gasteiger charge is -2.34. The number of aliphatic hydroxyl groups is 1. The lowest BCUT2D eigenvalue weighted by molar-refractivity contribution is -0.132. The van der Waals surface area contributed by atoms with Crippen LogP contribution in [0.2, 0.25) is 0 Å². The molecule has 0 atom stereocenters. The van der Waals surface area contributed by atoms with Gasteiger partial charge in [-0.05, 0) is 25.7 Å². The van der Waals surface area contributed by atoms with E-state index in [1.54, 1.807) is 4.90 Å². The summed E-state index contributed by atoms with van der Waals surface area (Å²) in [6.45, 7) is 3.85. The van der Waals surface area contributed by atoms with Crippen molar-refractivity contribution in [1.29, 1.82) is 0 Å². The van der Waals surface area contributed by atoms with Gasteiger partial charge in [-0.15, -0.1) is 0 Å². The molecule has 4 heteroatoms. The van der Waals surface area contributed by atoms with Crippen molar-refractivity contribution >= 4 is 5.91 Å². The molecule has 1 amide bonds. The molecular weight excluding hydrogens is 194 g/mol. The van der Waals surface area contributed by atoms with Crippen molar-refractivity contribution in [2.75, 3.05) is 26.8 Å². The summed E-state index contributed by atoms with van der Waals surface area (Å²) in [6, 6.07) is 0. The number of amides is 1. The van der Waals surface area contributed by atoms with Crippen molar-refractivity contribution in [1.82, 2.24) is 4.90 Å². The highest BCUT2D eigenvalue weighted by Gasteiger charge is 2.28. The van der Waals surface area contributed by atoms with Gasteiger partial charge in [0.1, 0.15) is 0 Å². The third-order valence-corrected chi connectivity index (χ3v) is 2.83. The first-order valence-corrected chi connectivity index (χ1v) is 5.63. The van der Waals surface area contributed by atoms with Gasteiger partial charge in [0, 0.05) is 20.2 Å². The van der Waals surface area contributed by atoms with Crippen LogP contribution in [0.1, 0.15) is 26.2 Å². The van der Waals surface area contributed by atoms with Gasteiger partial charge >= 0.3 is 0 Å². The van der Waals surface area contributed by atoms with E-state index >= 15 is 0 Å². The predicted molar refractivity (Wildman–Crippen MR) is 57.5 cm³/mol. The molecule has 1 fully saturated rings. The third kappa shape index (κ3) is 4.18. The second-order valence-electron chi connectivity index (χ2n) is 4.21. The zero-order valence-corrected chi connectivity index (χ0v) is 9.61. The molecule has 4 nitrogen and oxygen atoms in total. The summed E-state index contributed by atoms with van der Waals surface area (Å²) in [4.78, 5) is 13.3. The molecule has 0 aromatic rings. The largest absolute Gasteiger partial charge is 0.393 e. The van der Waals surface area contributed by atoms with Crippen molar-refractivity contribution in [3.63, 3.8) is 0 Å². The Hall–Kier alpha value is -0.610. The number of aliphatic hydroxyl groups excluding tert-OH is 1. The molecule has 0 radical (unpaired) electrons. The highest BCUT2D eigenvalue weighted by Crippen LogP contribution is 2.27. The molecule has 0 aromatic carbocycles. The van der Waals surface area contributed by atoms with Gasteiger partial charge in [0.25, 0.3) is 0 Å². The molecule has 1 aliphatic rings. The summed E-state index contributed by atoms with van der Waals surface area (Å²) in [6.07, 6.45) is 1.99. The molecular formula is C11H21NO3. The van der Waals surface area contributed by atoms with Crippen LogP contribution >= 0.6 is 0 Å². The van der Waals surface area contributed by atoms with Crippen LogP contribution in [0.3, 0.4) is 0 Å². The van der Waals surface area contributed by atoms with Crippen molar-refractivity contribution < 1.29 is 14.6 Å². The van der Waals surface area contributed by atoms with E-state index in [9.17, 15) is 4.79 Å². The smallest absolute Gasteiger partial charge is 0.224 e. The van der Waals surface area contributed by atoms with Crippen LogP contribution in [-0.2, 0) is 9.53 Å². The summed E-state index contributed by atoms with van der Waals surface area (Å²) < 4.78 is 5.13. The van der Waals surface area contributed by atoms with Gasteiger partial charge in [-0.3, -0.25) is 4.79 Å². The van der Waals surface area contributed by atoms with E-state index in [1.165, 1.54) is 0 Å². The Morgan fingerprint density at radius 1 is 1.53 bits per heavy atom. The molecule has 0 spiro atoms. The summed E-state index contributed by atoms with van der Waals surface area (Å²) in [5.74, 6) is 0.617. The fraction of sp³-hybridized carbons (Fsp3) is 0.909. The molecule has 0 bridgehead atoms. The van der Waals surface area contributed by atoms with Crippen LogP contribution in [0, 0.1) is 5.92 Å². The third-order valence-electron chi connectivity index (χ3n) is 2.83. The Labute approximate surface area is 91.2 Å². The average molecular weight is 215 g/mol. The van der Waals surface area contributed by atoms with Gasteiger partial charge in [-0.25, -0.2) is 0 Å². The van der Waals surface area contributed by atoms with Crippen molar-refractivity contribution in [3.8, 4) is 0 Å². The summed E-state index contributed by atoms with van der Waals surface area (Å²) >= 11 is 0. The minimum absolute atomic E-state index is 0.129. The number of nitrogens with zero attached hydrogens (tertiary/aromatic N) is 1. The van der Waals surface area contributed by atoms with Crippen LogP contribution in [0.25, 0.3) is 0 Å². The lowest BCUT2D eigenvalue weighted by atomic mass is 9.82. The van der Waals surface area contributed by atoms with Crippen LogP contribution in [0.5, 0.6) is 0 Å². The number of ether oxygens (including phenoxy) is 1. The van der Waals surface area contributed by atoms with Gasteiger partial charge in [0.15, 0.2) is 0 Å². The zero-order chi connectivity index (χ0) is 11.3. The minimum Gasteiger partial charge on any atom is -0.393 e. The molecule has 1 N–H and O–H groups in total. The fourth-order valence-electron chi connectivity index (χ4n) is 1.83. The molecule has 1 rings (SSSR count). The van der Waals surface area contributed by atoms with Crippen LogP contribution in [0.4, 0.5) is 0 Å². The van der Waals surface area contributed by atoms with E-state index in [1.807, 2.05) is 14.0 Å². The highest BCUT2D eigenvalue weighted by molar-refractivity contribution is 5.75. The Balaban J connectivity index is 2.10. The maximum Gasteiger partial charge on any atom is 0.224 e. The van der Waals surface area contributed by atoms with Crippen LogP contribution in [-0.4, -0.2) is 48.8 Å². The highest BCUT2D eigenvalue weighted by atomic mass is 16.5. The molecule has 0 unspecified atom stereocenters. The quantitative estimate of drug-likeness (QED) is 0.662. The number of carbonyl (C=O) groups is 1. The van der Waals surface area contributed by atoms with Crippen LogP contribution in [0.15, 0.2) is 0 Å². The Morgan fingerprint density at radius 3 is 2.73 bits per heavy atom. The minimum atomic E-state index is -0.137. The number of rotatable bonds is 6. The van der Waals surface area contributed by atoms with E-state index in [-0.39, 0.29) is 12.0 Å². The standard InChI is InChI=1S/C11H21NO3/c1-3-15-5-4-11(14)12(2)8-9-6-10(13)7-9/h9-10,13H,3-8H2,1-2H3. The molecule has 88 valence electrons. The van der Waals surface area contributed by atoms with E-state index in [4.69, 9.17) is 9.84 Å². The number of carbonyl (C=O) groups excluding carboxylic acids is 1. The summed E-state index contributed by atoms with van der Waals surface area (Å²) in [5.41, 5.74) is 0. The molecule has 15 heavy (non-hydrogen) atoms. The monoisotopic (exact) mass is 215 g/mol. The van der Waals surface area contributed by atoms with E-state index in [0.717, 1.165) is 19.4 Å². The molecule has 0 aliphatic heterocycles. The normalized spacial score (nSPS) is 24.7. The van der Waals surface area contributed by atoms with E-state index in [0.29, 0.717) is 25.6 Å². The average Bonchev–Trinajstić information content (AvgIpc) is 2.15. The van der Waals surface area contributed by atoms with Crippen LogP contribution < -0.4 is 0 Å². The van der Waals surface area contributed by atoms with Crippen molar-refractivity contribution in [2.45, 2.75) is 32.3 Å². The summed E-state index contributed by atoms with van der Waals surface area (Å²) in [7, 11) is 1.82. The van der Waals surface area contributed by atoms with E-state index in [2.05, 4.69) is 0 Å². The SMILES string of the molecule is CCOCCC(=O)N(C)CC1CC(O)C1. The zero-order valence-electron chi connectivity index (χ0n) is 9.61. The number of hydrogen-bond acceptors (Lipinski definition) is 3. The lowest BCUT2D eigenvalue weighted by Crippen LogP contribution is -2.39. The first-order chi connectivity index (χ1) is 7.13. The molecule has 0 saturated heterocycles. The molecule has 1 saturated carbocycles. The summed E-state index contributed by atoms with van der Waals surface area (Å²) in [5, 5.41) is 9.12. The Kier molecular flexibility index (Phi) is 5.05. The second kappa shape index (κ2) is 6.08. The Morgan fingerprint density at radius 2 is 2.20 bits per heavy atom. The van der Waals surface area contributed by atoms with Gasteiger partial charge < -0.3 is 14.7 Å². The molecule has 1 aliphatic carbocycles. The molecule has 0 aromatic heterocycles. The Bertz CT molecular complexity index is 202. The first kappa shape index (κ1) is 12.5. The second-order valence-corrected chi connectivity index (χ2v) is 4.21. The van der Waals surface area contributed by atoms with Gasteiger partial charge in [0.05, 0.1) is 19.1 Å². The topological polar surface area (TPSA) is 49.8 Å². The van der Waals surface area contributed by atoms with Crippen molar-refractivity contribution in [3.05, 3.63) is 0 Å². The van der Waals surface area contributed by atoms with Gasteiger partial charge in [0.2, 0.25) is 5.91 Å². The maximum atomic E-state index is 11.6. The predicted octanol–water partition coefficient (Wildman–Crippen LogP) is 0.642. The fourth-order valence-corrected chi connectivity index (χ4v) is 1.83.